The highest BCUT2D eigenvalue weighted by molar-refractivity contribution is 9.10. The quantitative estimate of drug-likeness (QED) is 0.684. The molecule has 24 heavy (non-hydrogen) atoms. The fourth-order valence-corrected chi connectivity index (χ4v) is 2.82. The van der Waals surface area contributed by atoms with Gasteiger partial charge in [0, 0.05) is 17.6 Å². The fourth-order valence-electron chi connectivity index (χ4n) is 2.24. The zero-order chi connectivity index (χ0) is 17.4. The third-order valence-electron chi connectivity index (χ3n) is 3.53. The van der Waals surface area contributed by atoms with Crippen LogP contribution in [-0.4, -0.2) is 25.9 Å². The molecule has 128 valence electrons. The first-order chi connectivity index (χ1) is 11.6. The summed E-state index contributed by atoms with van der Waals surface area (Å²) in [5, 5.41) is 7.06. The number of nitrogens with one attached hydrogen (secondary N) is 2. The average Bonchev–Trinajstić information content (AvgIpc) is 2.60. The van der Waals surface area contributed by atoms with Crippen LogP contribution in [-0.2, 0) is 13.0 Å². The second-order valence-electron chi connectivity index (χ2n) is 5.16. The third-order valence-corrected chi connectivity index (χ3v) is 4.32. The molecule has 2 rings (SSSR count). The lowest BCUT2D eigenvalue weighted by Crippen LogP contribution is -2.35. The van der Waals surface area contributed by atoms with Crippen molar-refractivity contribution in [1.29, 1.82) is 0 Å². The van der Waals surface area contributed by atoms with Crippen LogP contribution in [0.25, 0.3) is 0 Å². The molecule has 6 heteroatoms. The van der Waals surface area contributed by atoms with Gasteiger partial charge in [0.1, 0.15) is 11.5 Å². The van der Waals surface area contributed by atoms with Gasteiger partial charge in [-0.3, -0.25) is 0 Å². The predicted octanol–water partition coefficient (Wildman–Crippen LogP) is 3.67. The molecule has 4 nitrogen and oxygen atoms in total. The standard InChI is InChI=1S/C18H21BrN2O2S/c1-22-16-6-3-13(4-7-16)12-21-18(24)20-10-9-14-11-15(19)5-8-17(14)23-2/h3-8,11H,9-10,12H2,1-2H3,(H2,20,21,24). The molecular formula is C18H21BrN2O2S. The lowest BCUT2D eigenvalue weighted by atomic mass is 10.1. The summed E-state index contributed by atoms with van der Waals surface area (Å²) in [4.78, 5) is 0. The molecule has 0 aliphatic heterocycles. The van der Waals surface area contributed by atoms with E-state index in [0.717, 1.165) is 40.1 Å². The number of methoxy groups -OCH3 is 2. The van der Waals surface area contributed by atoms with Gasteiger partial charge in [-0.25, -0.2) is 0 Å². The van der Waals surface area contributed by atoms with Gasteiger partial charge in [0.25, 0.3) is 0 Å². The van der Waals surface area contributed by atoms with Crippen molar-refractivity contribution in [3.63, 3.8) is 0 Å². The number of ether oxygens (including phenoxy) is 2. The molecule has 0 bridgehead atoms. The van der Waals surface area contributed by atoms with E-state index in [0.29, 0.717) is 11.7 Å². The molecular weight excluding hydrogens is 388 g/mol. The molecule has 0 atom stereocenters. The Labute approximate surface area is 156 Å². The molecule has 2 N–H and O–H groups in total. The minimum atomic E-state index is 0.639. The van der Waals surface area contributed by atoms with Gasteiger partial charge in [-0.2, -0.15) is 0 Å². The Balaban J connectivity index is 1.76. The Morgan fingerprint density at radius 3 is 2.46 bits per heavy atom. The van der Waals surface area contributed by atoms with Crippen LogP contribution in [0.15, 0.2) is 46.9 Å². The van der Waals surface area contributed by atoms with Gasteiger partial charge in [0.05, 0.1) is 14.2 Å². The van der Waals surface area contributed by atoms with Crippen LogP contribution >= 0.6 is 28.1 Å². The normalized spacial score (nSPS) is 10.1. The highest BCUT2D eigenvalue weighted by Gasteiger charge is 2.04. The summed E-state index contributed by atoms with van der Waals surface area (Å²) in [6.07, 6.45) is 0.826. The van der Waals surface area contributed by atoms with Crippen LogP contribution in [0.5, 0.6) is 11.5 Å². The Morgan fingerprint density at radius 1 is 1.04 bits per heavy atom. The molecule has 0 saturated heterocycles. The van der Waals surface area contributed by atoms with Gasteiger partial charge in [-0.1, -0.05) is 28.1 Å². The molecule has 0 aromatic heterocycles. The van der Waals surface area contributed by atoms with Gasteiger partial charge in [0.15, 0.2) is 5.11 Å². The van der Waals surface area contributed by atoms with Crippen molar-refractivity contribution in [2.45, 2.75) is 13.0 Å². The predicted molar refractivity (Wildman–Crippen MR) is 105 cm³/mol. The smallest absolute Gasteiger partial charge is 0.166 e. The molecule has 0 unspecified atom stereocenters. The monoisotopic (exact) mass is 408 g/mol. The Kier molecular flexibility index (Phi) is 7.34. The van der Waals surface area contributed by atoms with E-state index in [9.17, 15) is 0 Å². The fraction of sp³-hybridized carbons (Fsp3) is 0.278. The number of benzene rings is 2. The average molecular weight is 409 g/mol. The van der Waals surface area contributed by atoms with Crippen LogP contribution in [0.4, 0.5) is 0 Å². The highest BCUT2D eigenvalue weighted by atomic mass is 79.9. The van der Waals surface area contributed by atoms with Crippen LogP contribution < -0.4 is 20.1 Å². The minimum absolute atomic E-state index is 0.639. The molecule has 0 fully saturated rings. The summed E-state index contributed by atoms with van der Waals surface area (Å²) in [5.74, 6) is 1.74. The molecule has 0 heterocycles. The number of thiocarbonyl (C=S) groups is 1. The zero-order valence-corrected chi connectivity index (χ0v) is 16.2. The SMILES string of the molecule is COc1ccc(CNC(=S)NCCc2cc(Br)ccc2OC)cc1. The Morgan fingerprint density at radius 2 is 1.79 bits per heavy atom. The molecule has 0 saturated carbocycles. The summed E-state index contributed by atoms with van der Waals surface area (Å²) in [6.45, 7) is 1.41. The van der Waals surface area contributed by atoms with Crippen molar-refractivity contribution < 1.29 is 9.47 Å². The number of rotatable bonds is 7. The van der Waals surface area contributed by atoms with E-state index in [-0.39, 0.29) is 0 Å². The second-order valence-corrected chi connectivity index (χ2v) is 6.49. The lowest BCUT2D eigenvalue weighted by molar-refractivity contribution is 0.409. The van der Waals surface area contributed by atoms with Gasteiger partial charge in [-0.05, 0) is 60.1 Å². The molecule has 2 aromatic carbocycles. The van der Waals surface area contributed by atoms with E-state index >= 15 is 0 Å². The van der Waals surface area contributed by atoms with E-state index in [2.05, 4.69) is 32.6 Å². The van der Waals surface area contributed by atoms with Crippen LogP contribution in [0.3, 0.4) is 0 Å². The van der Waals surface area contributed by atoms with Crippen molar-refractivity contribution in [3.8, 4) is 11.5 Å². The molecule has 0 aliphatic carbocycles. The summed E-state index contributed by atoms with van der Waals surface area (Å²) in [5.41, 5.74) is 2.28. The first kappa shape index (κ1) is 18.5. The summed E-state index contributed by atoms with van der Waals surface area (Å²) in [7, 11) is 3.34. The number of hydrogen-bond donors (Lipinski definition) is 2. The largest absolute Gasteiger partial charge is 0.497 e. The van der Waals surface area contributed by atoms with E-state index < -0.39 is 0 Å². The van der Waals surface area contributed by atoms with E-state index in [1.807, 2.05) is 36.4 Å². The topological polar surface area (TPSA) is 42.5 Å². The maximum Gasteiger partial charge on any atom is 0.166 e. The van der Waals surface area contributed by atoms with Crippen molar-refractivity contribution >= 4 is 33.3 Å². The van der Waals surface area contributed by atoms with Gasteiger partial charge in [-0.15, -0.1) is 0 Å². The lowest BCUT2D eigenvalue weighted by Gasteiger charge is -2.12. The van der Waals surface area contributed by atoms with Crippen molar-refractivity contribution in [2.24, 2.45) is 0 Å². The Hall–Kier alpha value is -1.79. The van der Waals surface area contributed by atoms with E-state index in [1.54, 1.807) is 14.2 Å². The zero-order valence-electron chi connectivity index (χ0n) is 13.8. The number of hydrogen-bond acceptors (Lipinski definition) is 3. The van der Waals surface area contributed by atoms with E-state index in [4.69, 9.17) is 21.7 Å². The minimum Gasteiger partial charge on any atom is -0.497 e. The summed E-state index contributed by atoms with van der Waals surface area (Å²) >= 11 is 8.80. The first-order valence-electron chi connectivity index (χ1n) is 7.59. The molecule has 0 spiro atoms. The third kappa shape index (κ3) is 5.69. The maximum absolute atomic E-state index is 5.37. The van der Waals surface area contributed by atoms with Gasteiger partial charge in [0.2, 0.25) is 0 Å². The first-order valence-corrected chi connectivity index (χ1v) is 8.79. The summed E-state index contributed by atoms with van der Waals surface area (Å²) < 4.78 is 11.6. The molecule has 2 aromatic rings. The molecule has 0 aliphatic rings. The van der Waals surface area contributed by atoms with Crippen LogP contribution in [0.1, 0.15) is 11.1 Å². The molecule has 0 amide bonds. The number of halogens is 1. The van der Waals surface area contributed by atoms with Gasteiger partial charge >= 0.3 is 0 Å². The van der Waals surface area contributed by atoms with Crippen molar-refractivity contribution in [1.82, 2.24) is 10.6 Å². The highest BCUT2D eigenvalue weighted by Crippen LogP contribution is 2.23. The second kappa shape index (κ2) is 9.49. The Bertz CT molecular complexity index is 677. The maximum atomic E-state index is 5.37. The summed E-state index contributed by atoms with van der Waals surface area (Å²) in [6, 6.07) is 13.9. The van der Waals surface area contributed by atoms with E-state index in [1.165, 1.54) is 0 Å². The van der Waals surface area contributed by atoms with Crippen molar-refractivity contribution in [2.75, 3.05) is 20.8 Å². The molecule has 0 radical (unpaired) electrons. The van der Waals surface area contributed by atoms with Gasteiger partial charge < -0.3 is 20.1 Å². The van der Waals surface area contributed by atoms with Crippen LogP contribution in [0.2, 0.25) is 0 Å². The van der Waals surface area contributed by atoms with Crippen LogP contribution in [0, 0.1) is 0 Å². The van der Waals surface area contributed by atoms with Crippen molar-refractivity contribution in [3.05, 3.63) is 58.1 Å².